The highest BCUT2D eigenvalue weighted by Crippen LogP contribution is 2.28. The van der Waals surface area contributed by atoms with Crippen LogP contribution in [0.3, 0.4) is 0 Å². The van der Waals surface area contributed by atoms with Crippen LogP contribution in [0.1, 0.15) is 5.69 Å². The van der Waals surface area contributed by atoms with Gasteiger partial charge in [0.2, 0.25) is 0 Å². The molecule has 29 heavy (non-hydrogen) atoms. The summed E-state index contributed by atoms with van der Waals surface area (Å²) >= 11 is 0. The molecular weight excluding hydrogens is 390 g/mol. The van der Waals surface area contributed by atoms with E-state index < -0.39 is 10.8 Å². The largest absolute Gasteiger partial charge is 0.395 e. The maximum absolute atomic E-state index is 13.1. The molecule has 0 aliphatic heterocycles. The third-order valence-electron chi connectivity index (χ3n) is 4.42. The molecule has 0 aliphatic carbocycles. The molecule has 0 spiro atoms. The minimum atomic E-state index is -1.45. The van der Waals surface area contributed by atoms with Crippen LogP contribution in [0.25, 0.3) is 10.8 Å². The highest BCUT2D eigenvalue weighted by Gasteiger charge is 2.16. The van der Waals surface area contributed by atoms with Gasteiger partial charge >= 0.3 is 0 Å². The first kappa shape index (κ1) is 19.0. The minimum Gasteiger partial charge on any atom is -0.395 e. The zero-order valence-electron chi connectivity index (χ0n) is 15.4. The molecule has 0 saturated carbocycles. The summed E-state index contributed by atoms with van der Waals surface area (Å²) in [4.78, 5) is 14.1. The second-order valence-corrected chi connectivity index (χ2v) is 7.81. The Bertz CT molecular complexity index is 1210. The fraction of sp³-hybridized carbons (Fsp3) is 0.150. The first-order chi connectivity index (χ1) is 14.2. The number of aromatic amines is 1. The first-order valence-electron chi connectivity index (χ1n) is 9.01. The van der Waals surface area contributed by atoms with Gasteiger partial charge in [0.25, 0.3) is 5.56 Å². The lowest BCUT2D eigenvalue weighted by Crippen LogP contribution is -2.23. The summed E-state index contributed by atoms with van der Waals surface area (Å²) in [5.74, 6) is 0. The van der Waals surface area contributed by atoms with Crippen molar-refractivity contribution >= 4 is 27.3 Å². The van der Waals surface area contributed by atoms with Crippen LogP contribution >= 0.6 is 0 Å². The predicted molar refractivity (Wildman–Crippen MR) is 110 cm³/mol. The van der Waals surface area contributed by atoms with Gasteiger partial charge in [0, 0.05) is 23.0 Å². The van der Waals surface area contributed by atoms with Crippen molar-refractivity contribution in [1.82, 2.24) is 20.0 Å². The molecule has 4 rings (SSSR count). The molecule has 4 aromatic rings. The number of H-pyrrole nitrogens is 1. The van der Waals surface area contributed by atoms with Crippen LogP contribution in [0.2, 0.25) is 0 Å². The molecule has 2 aromatic heterocycles. The number of aliphatic hydroxyl groups is 1. The number of nitrogens with zero attached hydrogens (tertiary/aromatic N) is 3. The van der Waals surface area contributed by atoms with Crippen molar-refractivity contribution in [3.05, 3.63) is 77.0 Å². The number of benzene rings is 2. The minimum absolute atomic E-state index is 0.0874. The molecule has 1 unspecified atom stereocenters. The molecule has 9 heteroatoms. The van der Waals surface area contributed by atoms with E-state index in [0.717, 1.165) is 5.69 Å². The van der Waals surface area contributed by atoms with Crippen LogP contribution in [0.4, 0.5) is 5.69 Å². The third-order valence-corrected chi connectivity index (χ3v) is 5.85. The predicted octanol–water partition coefficient (Wildman–Crippen LogP) is 1.74. The number of aromatic nitrogens is 4. The Morgan fingerprint density at radius 1 is 1.17 bits per heavy atom. The van der Waals surface area contributed by atoms with Crippen LogP contribution < -0.4 is 10.9 Å². The Morgan fingerprint density at radius 2 is 2.00 bits per heavy atom. The molecule has 1 atom stereocenters. The highest BCUT2D eigenvalue weighted by atomic mass is 32.2. The molecule has 0 aliphatic rings. The van der Waals surface area contributed by atoms with Crippen LogP contribution in [-0.4, -0.2) is 42.4 Å². The van der Waals surface area contributed by atoms with Crippen molar-refractivity contribution in [2.45, 2.75) is 16.3 Å². The average molecular weight is 409 g/mol. The molecule has 2 heterocycles. The van der Waals surface area contributed by atoms with Crippen LogP contribution in [-0.2, 0) is 17.3 Å². The van der Waals surface area contributed by atoms with Crippen molar-refractivity contribution in [2.24, 2.45) is 0 Å². The van der Waals surface area contributed by atoms with Crippen LogP contribution in [0.5, 0.6) is 0 Å². The monoisotopic (exact) mass is 409 g/mol. The maximum atomic E-state index is 13.1. The Morgan fingerprint density at radius 3 is 2.72 bits per heavy atom. The van der Waals surface area contributed by atoms with Crippen molar-refractivity contribution in [2.75, 3.05) is 18.5 Å². The van der Waals surface area contributed by atoms with E-state index in [4.69, 9.17) is 0 Å². The van der Waals surface area contributed by atoms with E-state index in [9.17, 15) is 14.1 Å². The fourth-order valence-corrected chi connectivity index (χ4v) is 4.23. The number of anilines is 1. The molecule has 0 amide bonds. The quantitative estimate of drug-likeness (QED) is 0.429. The summed E-state index contributed by atoms with van der Waals surface area (Å²) < 4.78 is 14.5. The van der Waals surface area contributed by atoms with Crippen LogP contribution in [0, 0.1) is 0 Å². The maximum Gasteiger partial charge on any atom is 0.275 e. The molecule has 3 N–H and O–H groups in total. The Balaban J connectivity index is 1.82. The van der Waals surface area contributed by atoms with E-state index in [1.165, 1.54) is 4.68 Å². The van der Waals surface area contributed by atoms with Crippen molar-refractivity contribution in [3.63, 3.8) is 0 Å². The Labute approximate surface area is 168 Å². The topological polar surface area (TPSA) is 113 Å². The van der Waals surface area contributed by atoms with Gasteiger partial charge in [-0.25, -0.2) is 8.89 Å². The van der Waals surface area contributed by atoms with Gasteiger partial charge in [0.1, 0.15) is 0 Å². The summed E-state index contributed by atoms with van der Waals surface area (Å²) in [6, 6.07) is 14.3. The Kier molecular flexibility index (Phi) is 5.50. The molecular formula is C20H19N5O3S. The molecule has 0 radical (unpaired) electrons. The van der Waals surface area contributed by atoms with Gasteiger partial charge in [-0.1, -0.05) is 18.2 Å². The lowest BCUT2D eigenvalue weighted by molar-refractivity contribution is 0.311. The lowest BCUT2D eigenvalue weighted by atomic mass is 10.1. The smallest absolute Gasteiger partial charge is 0.275 e. The van der Waals surface area contributed by atoms with E-state index >= 15 is 0 Å². The van der Waals surface area contributed by atoms with Crippen molar-refractivity contribution in [3.8, 4) is 0 Å². The molecule has 2 aromatic carbocycles. The van der Waals surface area contributed by atoms with E-state index in [1.807, 2.05) is 18.2 Å². The van der Waals surface area contributed by atoms with E-state index in [2.05, 4.69) is 20.6 Å². The number of nitrogens with one attached hydrogen (secondary N) is 2. The van der Waals surface area contributed by atoms with Gasteiger partial charge in [-0.15, -0.1) is 0 Å². The molecule has 0 fully saturated rings. The second-order valence-electron chi connectivity index (χ2n) is 6.36. The summed E-state index contributed by atoms with van der Waals surface area (Å²) in [6.07, 6.45) is 3.21. The van der Waals surface area contributed by atoms with E-state index in [0.29, 0.717) is 26.3 Å². The first-order valence-corrected chi connectivity index (χ1v) is 10.2. The highest BCUT2D eigenvalue weighted by molar-refractivity contribution is 7.85. The number of fused-ring (bicyclic) bond motifs is 1. The second kappa shape index (κ2) is 8.38. The number of hydrogen-bond donors (Lipinski definition) is 3. The van der Waals surface area contributed by atoms with Gasteiger partial charge in [0.05, 0.1) is 51.8 Å². The lowest BCUT2D eigenvalue weighted by Gasteiger charge is -2.13. The Hall–Kier alpha value is -3.30. The van der Waals surface area contributed by atoms with E-state index in [1.54, 1.807) is 42.7 Å². The summed E-state index contributed by atoms with van der Waals surface area (Å²) in [5, 5.41) is 24.3. The molecule has 0 saturated heterocycles. The number of aliphatic hydroxyl groups excluding tert-OH is 1. The number of rotatable bonds is 7. The summed E-state index contributed by atoms with van der Waals surface area (Å²) in [7, 11) is -1.45. The van der Waals surface area contributed by atoms with Crippen LogP contribution in [0.15, 0.2) is 75.5 Å². The van der Waals surface area contributed by atoms with Gasteiger partial charge in [-0.2, -0.15) is 10.2 Å². The zero-order chi connectivity index (χ0) is 20.2. The zero-order valence-corrected chi connectivity index (χ0v) is 16.2. The van der Waals surface area contributed by atoms with Gasteiger partial charge in [0.15, 0.2) is 0 Å². The molecule has 0 bridgehead atoms. The van der Waals surface area contributed by atoms with Crippen molar-refractivity contribution in [1.29, 1.82) is 0 Å². The molecule has 8 nitrogen and oxygen atoms in total. The van der Waals surface area contributed by atoms with E-state index in [-0.39, 0.29) is 25.3 Å². The van der Waals surface area contributed by atoms with Gasteiger partial charge in [-0.3, -0.25) is 9.89 Å². The summed E-state index contributed by atoms with van der Waals surface area (Å²) in [6.45, 7) is 0.458. The molecule has 148 valence electrons. The number of hydrogen-bond acceptors (Lipinski definition) is 6. The summed E-state index contributed by atoms with van der Waals surface area (Å²) in [5.41, 5.74) is 1.05. The van der Waals surface area contributed by atoms with Gasteiger partial charge < -0.3 is 10.4 Å². The fourth-order valence-electron chi connectivity index (χ4n) is 3.01. The average Bonchev–Trinajstić information content (AvgIpc) is 3.27. The normalized spacial score (nSPS) is 12.2. The third kappa shape index (κ3) is 3.96. The van der Waals surface area contributed by atoms with Gasteiger partial charge in [-0.05, 0) is 30.3 Å². The standard InChI is InChI=1S/C20H19N5O3S/c26-9-8-21-18-11-17-14(10-19(18)29(28)16-4-2-1-3-5-16)12-23-25(20(17)27)13-15-6-7-22-24-15/h1-7,10-12,21,26H,8-9,13H2,(H,22,24). The SMILES string of the molecule is O=c1c2cc(NCCO)c(S(=O)c3ccccc3)cc2cnn1Cc1ccn[nH]1. The van der Waals surface area contributed by atoms with Crippen molar-refractivity contribution < 1.29 is 9.32 Å².